The number of benzene rings is 1. The molecule has 5 heteroatoms. The number of carbonyl (C=O) groups is 2. The summed E-state index contributed by atoms with van der Waals surface area (Å²) in [7, 11) is 0. The Morgan fingerprint density at radius 1 is 1.05 bits per heavy atom. The molecule has 0 saturated carbocycles. The molecule has 2 fully saturated rings. The van der Waals surface area contributed by atoms with Gasteiger partial charge in [0.05, 0.1) is 0 Å². The molecule has 2 unspecified atom stereocenters. The van der Waals surface area contributed by atoms with Gasteiger partial charge in [-0.2, -0.15) is 0 Å². The van der Waals surface area contributed by atoms with E-state index in [0.29, 0.717) is 18.7 Å². The Kier molecular flexibility index (Phi) is 4.43. The number of rotatable bonds is 2. The molecule has 2 N–H and O–H groups in total. The highest BCUT2D eigenvalue weighted by Gasteiger charge is 2.37. The zero-order valence-electron chi connectivity index (χ0n) is 12.8. The van der Waals surface area contributed by atoms with Gasteiger partial charge in [0.15, 0.2) is 0 Å². The van der Waals surface area contributed by atoms with Crippen LogP contribution in [0.1, 0.15) is 36.0 Å². The van der Waals surface area contributed by atoms with Gasteiger partial charge in [0.1, 0.15) is 6.04 Å². The van der Waals surface area contributed by atoms with Gasteiger partial charge in [0.2, 0.25) is 5.91 Å². The van der Waals surface area contributed by atoms with Crippen molar-refractivity contribution in [3.8, 4) is 0 Å². The van der Waals surface area contributed by atoms with Gasteiger partial charge in [0.25, 0.3) is 5.91 Å². The summed E-state index contributed by atoms with van der Waals surface area (Å²) in [6.45, 7) is 2.03. The summed E-state index contributed by atoms with van der Waals surface area (Å²) in [5.41, 5.74) is 6.62. The molecular formula is C17H23N3O2. The summed E-state index contributed by atoms with van der Waals surface area (Å²) in [6.07, 6.45) is 3.56. The molecule has 0 aromatic heterocycles. The van der Waals surface area contributed by atoms with E-state index in [9.17, 15) is 9.59 Å². The predicted molar refractivity (Wildman–Crippen MR) is 84.3 cm³/mol. The average Bonchev–Trinajstić information content (AvgIpc) is 3.04. The minimum Gasteiger partial charge on any atom is -0.339 e. The first-order valence-electron chi connectivity index (χ1n) is 8.07. The first-order valence-corrected chi connectivity index (χ1v) is 8.07. The fourth-order valence-electron chi connectivity index (χ4n) is 3.43. The number of nitrogens with two attached hydrogens (primary N) is 1. The van der Waals surface area contributed by atoms with Crippen molar-refractivity contribution in [2.24, 2.45) is 5.73 Å². The number of piperidine rings is 1. The summed E-state index contributed by atoms with van der Waals surface area (Å²) >= 11 is 0. The Morgan fingerprint density at radius 2 is 1.77 bits per heavy atom. The minimum absolute atomic E-state index is 0.0437. The standard InChI is InChI=1S/C17H23N3O2/c18-14-8-4-10-19(12-14)17(22)15-9-5-11-20(15)16(21)13-6-2-1-3-7-13/h1-3,6-7,14-15H,4-5,8-12,18H2. The van der Waals surface area contributed by atoms with Crippen LogP contribution in [0.25, 0.3) is 0 Å². The first-order chi connectivity index (χ1) is 10.7. The lowest BCUT2D eigenvalue weighted by Crippen LogP contribution is -2.53. The molecular weight excluding hydrogens is 278 g/mol. The quantitative estimate of drug-likeness (QED) is 0.894. The topological polar surface area (TPSA) is 66.6 Å². The molecule has 0 spiro atoms. The summed E-state index contributed by atoms with van der Waals surface area (Å²) < 4.78 is 0. The number of amides is 2. The van der Waals surface area contributed by atoms with E-state index in [1.54, 1.807) is 17.0 Å². The highest BCUT2D eigenvalue weighted by atomic mass is 16.2. The normalized spacial score (nSPS) is 25.3. The number of likely N-dealkylation sites (tertiary alicyclic amines) is 2. The van der Waals surface area contributed by atoms with Gasteiger partial charge in [-0.05, 0) is 37.8 Å². The van der Waals surface area contributed by atoms with Crippen molar-refractivity contribution < 1.29 is 9.59 Å². The van der Waals surface area contributed by atoms with Crippen molar-refractivity contribution in [3.63, 3.8) is 0 Å². The SMILES string of the molecule is NC1CCCN(C(=O)C2CCCN2C(=O)c2ccccc2)C1. The molecule has 22 heavy (non-hydrogen) atoms. The van der Waals surface area contributed by atoms with Crippen LogP contribution in [0.15, 0.2) is 30.3 Å². The van der Waals surface area contributed by atoms with Crippen molar-refractivity contribution in [1.29, 1.82) is 0 Å². The summed E-state index contributed by atoms with van der Waals surface area (Å²) in [4.78, 5) is 29.0. The molecule has 2 atom stereocenters. The third kappa shape index (κ3) is 2.99. The number of nitrogens with zero attached hydrogens (tertiary/aromatic N) is 2. The molecule has 2 amide bonds. The van der Waals surface area contributed by atoms with Crippen LogP contribution in [0.4, 0.5) is 0 Å². The number of hydrogen-bond acceptors (Lipinski definition) is 3. The van der Waals surface area contributed by atoms with Gasteiger partial charge in [-0.15, -0.1) is 0 Å². The van der Waals surface area contributed by atoms with Crippen molar-refractivity contribution in [3.05, 3.63) is 35.9 Å². The Balaban J connectivity index is 1.72. The average molecular weight is 301 g/mol. The Labute approximate surface area is 131 Å². The Morgan fingerprint density at radius 3 is 2.50 bits per heavy atom. The summed E-state index contributed by atoms with van der Waals surface area (Å²) in [5, 5.41) is 0. The zero-order chi connectivity index (χ0) is 15.5. The maximum absolute atomic E-state index is 12.8. The smallest absolute Gasteiger partial charge is 0.254 e. The molecule has 2 aliphatic heterocycles. The van der Waals surface area contributed by atoms with E-state index in [1.165, 1.54) is 0 Å². The summed E-state index contributed by atoms with van der Waals surface area (Å²) in [5.74, 6) is 0.0229. The Hall–Kier alpha value is -1.88. The molecule has 5 nitrogen and oxygen atoms in total. The molecule has 1 aromatic rings. The molecule has 0 radical (unpaired) electrons. The van der Waals surface area contributed by atoms with Crippen LogP contribution in [0.5, 0.6) is 0 Å². The van der Waals surface area contributed by atoms with Crippen LogP contribution < -0.4 is 5.73 Å². The van der Waals surface area contributed by atoms with E-state index in [1.807, 2.05) is 23.1 Å². The lowest BCUT2D eigenvalue weighted by molar-refractivity contribution is -0.136. The monoisotopic (exact) mass is 301 g/mol. The van der Waals surface area contributed by atoms with Gasteiger partial charge in [-0.3, -0.25) is 9.59 Å². The molecule has 2 heterocycles. The highest BCUT2D eigenvalue weighted by molar-refractivity contribution is 5.97. The predicted octanol–water partition coefficient (Wildman–Crippen LogP) is 1.24. The van der Waals surface area contributed by atoms with Crippen LogP contribution >= 0.6 is 0 Å². The second-order valence-electron chi connectivity index (χ2n) is 6.21. The third-order valence-electron chi connectivity index (χ3n) is 4.59. The van der Waals surface area contributed by atoms with Crippen LogP contribution in [0, 0.1) is 0 Å². The number of hydrogen-bond donors (Lipinski definition) is 1. The Bertz CT molecular complexity index is 546. The van der Waals surface area contributed by atoms with Crippen LogP contribution in [-0.2, 0) is 4.79 Å². The van der Waals surface area contributed by atoms with E-state index in [-0.39, 0.29) is 23.9 Å². The van der Waals surface area contributed by atoms with Crippen LogP contribution in [0.3, 0.4) is 0 Å². The summed E-state index contributed by atoms with van der Waals surface area (Å²) in [6, 6.07) is 8.94. The van der Waals surface area contributed by atoms with Crippen LogP contribution in [-0.4, -0.2) is 53.3 Å². The van der Waals surface area contributed by atoms with Gasteiger partial charge in [0, 0.05) is 31.2 Å². The molecule has 2 saturated heterocycles. The van der Waals surface area contributed by atoms with E-state index in [0.717, 1.165) is 32.2 Å². The van der Waals surface area contributed by atoms with Gasteiger partial charge in [-0.25, -0.2) is 0 Å². The zero-order valence-corrected chi connectivity index (χ0v) is 12.8. The van der Waals surface area contributed by atoms with Gasteiger partial charge >= 0.3 is 0 Å². The van der Waals surface area contributed by atoms with Crippen molar-refractivity contribution in [1.82, 2.24) is 9.80 Å². The first kappa shape index (κ1) is 15.0. The largest absolute Gasteiger partial charge is 0.339 e. The fraction of sp³-hybridized carbons (Fsp3) is 0.529. The fourth-order valence-corrected chi connectivity index (χ4v) is 3.43. The third-order valence-corrected chi connectivity index (χ3v) is 4.59. The van der Waals surface area contributed by atoms with Crippen molar-refractivity contribution >= 4 is 11.8 Å². The van der Waals surface area contributed by atoms with Gasteiger partial charge < -0.3 is 15.5 Å². The molecule has 0 aliphatic carbocycles. The van der Waals surface area contributed by atoms with Crippen molar-refractivity contribution in [2.75, 3.05) is 19.6 Å². The lowest BCUT2D eigenvalue weighted by Gasteiger charge is -2.35. The molecule has 2 aliphatic rings. The second kappa shape index (κ2) is 6.48. The van der Waals surface area contributed by atoms with E-state index < -0.39 is 0 Å². The maximum Gasteiger partial charge on any atom is 0.254 e. The van der Waals surface area contributed by atoms with Crippen molar-refractivity contribution in [2.45, 2.75) is 37.8 Å². The van der Waals surface area contributed by atoms with Gasteiger partial charge in [-0.1, -0.05) is 18.2 Å². The molecule has 1 aromatic carbocycles. The lowest BCUT2D eigenvalue weighted by atomic mass is 10.0. The maximum atomic E-state index is 12.8. The van der Waals surface area contributed by atoms with E-state index in [2.05, 4.69) is 0 Å². The molecule has 118 valence electrons. The second-order valence-corrected chi connectivity index (χ2v) is 6.21. The minimum atomic E-state index is -0.321. The highest BCUT2D eigenvalue weighted by Crippen LogP contribution is 2.23. The van der Waals surface area contributed by atoms with E-state index in [4.69, 9.17) is 5.73 Å². The molecule has 0 bridgehead atoms. The molecule has 3 rings (SSSR count). The van der Waals surface area contributed by atoms with Crippen LogP contribution in [0.2, 0.25) is 0 Å². The van der Waals surface area contributed by atoms with E-state index >= 15 is 0 Å². The number of carbonyl (C=O) groups excluding carboxylic acids is 2.